The smallest absolute Gasteiger partial charge is 0.364 e. The van der Waals surface area contributed by atoms with Crippen LogP contribution in [0.1, 0.15) is 53.9 Å². The third-order valence-corrected chi connectivity index (χ3v) is 11.2. The lowest BCUT2D eigenvalue weighted by Crippen LogP contribution is -2.66. The lowest BCUT2D eigenvalue weighted by molar-refractivity contribution is -0.360. The maximum atomic E-state index is 12.9. The fraction of sp³-hybridized carbons (Fsp3) is 0.909. The van der Waals surface area contributed by atoms with Crippen LogP contribution in [0.2, 0.25) is 0 Å². The second-order valence-electron chi connectivity index (χ2n) is 15.0. The molecule has 3 aliphatic rings. The number of carboxylic acids is 3. The van der Waals surface area contributed by atoms with Crippen molar-refractivity contribution in [3.05, 3.63) is 0 Å². The molecule has 0 bridgehead atoms. The zero-order valence-corrected chi connectivity index (χ0v) is 30.6. The van der Waals surface area contributed by atoms with Crippen LogP contribution in [-0.4, -0.2) is 195 Å². The fourth-order valence-electron chi connectivity index (χ4n) is 7.32. The number of rotatable bonds is 17. The van der Waals surface area contributed by atoms with Gasteiger partial charge in [0.2, 0.25) is 0 Å². The monoisotopic (exact) mass is 788 g/mol. The van der Waals surface area contributed by atoms with Gasteiger partial charge in [0.1, 0.15) is 36.6 Å². The molecule has 54 heavy (non-hydrogen) atoms. The predicted molar refractivity (Wildman–Crippen MR) is 175 cm³/mol. The molecule has 18 atom stereocenters. The van der Waals surface area contributed by atoms with E-state index in [1.165, 1.54) is 34.6 Å². The summed E-state index contributed by atoms with van der Waals surface area (Å²) in [7, 11) is 0. The van der Waals surface area contributed by atoms with Crippen LogP contribution in [0, 0.1) is 23.7 Å². The van der Waals surface area contributed by atoms with Crippen molar-refractivity contribution in [3.63, 3.8) is 0 Å². The van der Waals surface area contributed by atoms with Crippen LogP contribution in [0.15, 0.2) is 0 Å². The average molecular weight is 789 g/mol. The van der Waals surface area contributed by atoms with E-state index < -0.39 is 165 Å². The second kappa shape index (κ2) is 17.9. The Kier molecular flexibility index (Phi) is 15.4. The molecule has 13 N–H and O–H groups in total. The van der Waals surface area contributed by atoms with Gasteiger partial charge in [-0.15, -0.1) is 0 Å². The summed E-state index contributed by atoms with van der Waals surface area (Å²) < 4.78 is 28.4. The number of aliphatic carboxylic acids is 3. The Bertz CT molecular complexity index is 1290. The van der Waals surface area contributed by atoms with Crippen molar-refractivity contribution < 1.29 is 104 Å². The summed E-state index contributed by atoms with van der Waals surface area (Å²) in [5, 5.41) is 137. The molecule has 0 saturated carbocycles. The number of carboxylic acid groups (broad SMARTS) is 3. The molecule has 314 valence electrons. The number of hydrogen-bond donors (Lipinski definition) is 13. The van der Waals surface area contributed by atoms with Crippen molar-refractivity contribution in [2.45, 2.75) is 144 Å². The highest BCUT2D eigenvalue weighted by atomic mass is 16.8. The molecule has 3 saturated heterocycles. The highest BCUT2D eigenvalue weighted by molar-refractivity contribution is 5.78. The molecule has 0 radical (unpaired) electrons. The van der Waals surface area contributed by atoms with E-state index >= 15 is 0 Å². The lowest BCUT2D eigenvalue weighted by Gasteiger charge is -2.50. The number of hydrogen-bond acceptors (Lipinski definition) is 18. The first-order chi connectivity index (χ1) is 25.0. The minimum absolute atomic E-state index is 0.354. The average Bonchev–Trinajstić information content (AvgIpc) is 3.11. The minimum Gasteiger partial charge on any atom is -0.479 e. The van der Waals surface area contributed by atoms with E-state index in [2.05, 4.69) is 0 Å². The molecule has 0 aliphatic carbocycles. The van der Waals surface area contributed by atoms with E-state index in [0.717, 1.165) is 0 Å². The van der Waals surface area contributed by atoms with Crippen LogP contribution in [0.3, 0.4) is 0 Å². The van der Waals surface area contributed by atoms with Gasteiger partial charge in [-0.2, -0.15) is 0 Å². The Labute approximate surface area is 310 Å². The lowest BCUT2D eigenvalue weighted by atomic mass is 9.76. The van der Waals surface area contributed by atoms with Gasteiger partial charge in [-0.25, -0.2) is 14.4 Å². The van der Waals surface area contributed by atoms with Gasteiger partial charge in [0, 0.05) is 37.0 Å². The summed E-state index contributed by atoms with van der Waals surface area (Å²) in [6, 6.07) is 0. The maximum Gasteiger partial charge on any atom is 0.364 e. The van der Waals surface area contributed by atoms with Crippen molar-refractivity contribution in [1.29, 1.82) is 0 Å². The molecule has 21 nitrogen and oxygen atoms in total. The first-order valence-electron chi connectivity index (χ1n) is 17.7. The summed E-state index contributed by atoms with van der Waals surface area (Å²) in [5.74, 6) is -15.2. The third kappa shape index (κ3) is 8.85. The normalized spacial score (nSPS) is 41.0. The van der Waals surface area contributed by atoms with Crippen molar-refractivity contribution in [1.82, 2.24) is 0 Å². The van der Waals surface area contributed by atoms with Gasteiger partial charge in [-0.1, -0.05) is 34.6 Å². The van der Waals surface area contributed by atoms with E-state index in [1.54, 1.807) is 0 Å². The Hall–Kier alpha value is -2.19. The van der Waals surface area contributed by atoms with Crippen LogP contribution < -0.4 is 0 Å². The van der Waals surface area contributed by atoms with Crippen LogP contribution in [0.5, 0.6) is 0 Å². The highest BCUT2D eigenvalue weighted by Crippen LogP contribution is 2.43. The number of carbonyl (C=O) groups is 3. The zero-order chi connectivity index (χ0) is 41.2. The second-order valence-corrected chi connectivity index (χ2v) is 15.0. The molecular formula is C33H56O21. The molecule has 0 aromatic carbocycles. The van der Waals surface area contributed by atoms with E-state index in [1.807, 2.05) is 0 Å². The first kappa shape index (κ1) is 46.2. The van der Waals surface area contributed by atoms with Crippen LogP contribution in [-0.2, 0) is 38.1 Å². The van der Waals surface area contributed by atoms with Gasteiger partial charge >= 0.3 is 17.9 Å². The summed E-state index contributed by atoms with van der Waals surface area (Å²) >= 11 is 0. The van der Waals surface area contributed by atoms with Crippen LogP contribution in [0.4, 0.5) is 0 Å². The van der Waals surface area contributed by atoms with E-state index in [9.17, 15) is 80.8 Å². The topological polar surface area (TPSA) is 360 Å². The largest absolute Gasteiger partial charge is 0.479 e. The van der Waals surface area contributed by atoms with E-state index in [-0.39, 0.29) is 6.42 Å². The van der Waals surface area contributed by atoms with Gasteiger partial charge in [0.15, 0.2) is 5.60 Å². The zero-order valence-electron chi connectivity index (χ0n) is 30.6. The first-order valence-corrected chi connectivity index (χ1v) is 17.7. The summed E-state index contributed by atoms with van der Waals surface area (Å²) in [6.45, 7) is 3.78. The Morgan fingerprint density at radius 2 is 0.944 bits per heavy atom. The van der Waals surface area contributed by atoms with E-state index in [0.29, 0.717) is 0 Å². The summed E-state index contributed by atoms with van der Waals surface area (Å²) in [4.78, 5) is 37.8. The van der Waals surface area contributed by atoms with Crippen molar-refractivity contribution >= 4 is 17.9 Å². The third-order valence-electron chi connectivity index (χ3n) is 11.2. The molecule has 3 heterocycles. The molecule has 21 heteroatoms. The van der Waals surface area contributed by atoms with Gasteiger partial charge in [0.25, 0.3) is 11.6 Å². The predicted octanol–water partition coefficient (Wildman–Crippen LogP) is -4.42. The SMILES string of the molecule is CC(C)[C@]1(C(=O)O)CC(O)[C@@H](C)[C@H]([C@H](O)[C@@H](CO)O[C@]2(C(=O)O)CC(O)[C@@H](C)[C@H]([C@H](O)[C@@H](CO)O[C@]3(C(=O)O)CC(O)[C@@H](C)[C@H]([C@H](O)[C@H](O)CO)O3)O2)O1. The quantitative estimate of drug-likeness (QED) is 0.0661. The molecule has 0 spiro atoms. The van der Waals surface area contributed by atoms with E-state index in [4.69, 9.17) is 23.7 Å². The number of ether oxygens (including phenoxy) is 5. The van der Waals surface area contributed by atoms with Gasteiger partial charge in [-0.05, 0) is 5.92 Å². The van der Waals surface area contributed by atoms with Gasteiger partial charge < -0.3 is 90.1 Å². The molecule has 3 fully saturated rings. The molecule has 3 rings (SSSR count). The maximum absolute atomic E-state index is 12.9. The molecule has 0 aromatic heterocycles. The van der Waals surface area contributed by atoms with Crippen molar-refractivity contribution in [2.75, 3.05) is 19.8 Å². The van der Waals surface area contributed by atoms with Crippen LogP contribution in [0.25, 0.3) is 0 Å². The van der Waals surface area contributed by atoms with Crippen molar-refractivity contribution in [3.8, 4) is 0 Å². The Morgan fingerprint density at radius 3 is 1.26 bits per heavy atom. The summed E-state index contributed by atoms with van der Waals surface area (Å²) in [6.07, 6.45) is -23.9. The fourth-order valence-corrected chi connectivity index (χ4v) is 7.32. The minimum atomic E-state index is -2.99. The van der Waals surface area contributed by atoms with Gasteiger partial charge in [-0.3, -0.25) is 0 Å². The molecule has 0 amide bonds. The number of aliphatic hydroxyl groups is 10. The highest BCUT2D eigenvalue weighted by Gasteiger charge is 2.60. The standard InChI is InChI=1S/C33H56O21/c1-12(2)31(28(44)45)6-16(37)13(3)26(52-31)23(42)20(10-35)50-33(30(48)49)8-18(39)15(5)27(54-33)24(43)21(11-36)51-32(29(46)47)7-17(38)14(4)25(53-32)22(41)19(40)9-34/h12-27,34-43H,6-11H2,1-5H3,(H,44,45)(H,46,47)(H,48,49)/t13-,14-,15-,16?,17?,18?,19-,20-,21-,22-,23-,24-,25-,26-,27-,31+,32-,33-/m1/s1. The Balaban J connectivity index is 1.96. The summed E-state index contributed by atoms with van der Waals surface area (Å²) in [5.41, 5.74) is -2.00. The van der Waals surface area contributed by atoms with Crippen molar-refractivity contribution in [2.24, 2.45) is 23.7 Å². The van der Waals surface area contributed by atoms with Gasteiger partial charge in [0.05, 0.1) is 56.4 Å². The Morgan fingerprint density at radius 1 is 0.593 bits per heavy atom. The molecular weight excluding hydrogens is 732 g/mol. The molecule has 3 unspecified atom stereocenters. The molecule has 3 aliphatic heterocycles. The number of aliphatic hydroxyl groups excluding tert-OH is 10. The molecule has 0 aromatic rings. The van der Waals surface area contributed by atoms with Crippen LogP contribution >= 0.6 is 0 Å².